The van der Waals surface area contributed by atoms with Gasteiger partial charge in [-0.3, -0.25) is 24.1 Å². The first-order valence-corrected chi connectivity index (χ1v) is 14.9. The summed E-state index contributed by atoms with van der Waals surface area (Å²) in [7, 11) is 3.02. The second-order valence-electron chi connectivity index (χ2n) is 10.5. The Balaban J connectivity index is 1.48. The maximum Gasteiger partial charge on any atom is 0.299 e. The van der Waals surface area contributed by atoms with Gasteiger partial charge in [-0.1, -0.05) is 56.3 Å². The molecule has 0 saturated carbocycles. The second kappa shape index (κ2) is 13.1. The molecule has 0 spiro atoms. The Morgan fingerprint density at radius 2 is 1.70 bits per heavy atom. The number of hydrogen-bond acceptors (Lipinski definition) is 8. The van der Waals surface area contributed by atoms with E-state index in [-0.39, 0.29) is 18.0 Å². The third-order valence-electron chi connectivity index (χ3n) is 7.32. The van der Waals surface area contributed by atoms with Crippen molar-refractivity contribution in [2.24, 2.45) is 5.92 Å². The number of carbonyl (C=O) groups excluding carboxylic acids is 4. The summed E-state index contributed by atoms with van der Waals surface area (Å²) in [4.78, 5) is 61.0. The van der Waals surface area contributed by atoms with Crippen LogP contribution in [0.15, 0.2) is 78.2 Å². The van der Waals surface area contributed by atoms with Crippen molar-refractivity contribution in [3.63, 3.8) is 0 Å². The highest BCUT2D eigenvalue weighted by Crippen LogP contribution is 2.32. The van der Waals surface area contributed by atoms with Crippen molar-refractivity contribution in [2.75, 3.05) is 31.0 Å². The Morgan fingerprint density at radius 1 is 0.977 bits per heavy atom. The van der Waals surface area contributed by atoms with E-state index in [9.17, 15) is 19.2 Å². The van der Waals surface area contributed by atoms with Gasteiger partial charge in [-0.2, -0.15) is 0 Å². The number of para-hydroxylation sites is 1. The van der Waals surface area contributed by atoms with Crippen LogP contribution in [0.1, 0.15) is 29.2 Å². The highest BCUT2D eigenvalue weighted by molar-refractivity contribution is 7.09. The van der Waals surface area contributed by atoms with Gasteiger partial charge < -0.3 is 19.7 Å². The zero-order valence-electron chi connectivity index (χ0n) is 24.8. The molecule has 4 aromatic rings. The van der Waals surface area contributed by atoms with Gasteiger partial charge in [0.25, 0.3) is 11.7 Å². The number of fused-ring (bicyclic) bond motifs is 1. The molecule has 226 valence electrons. The normalized spacial score (nSPS) is 13.1. The van der Waals surface area contributed by atoms with Crippen LogP contribution in [0.2, 0.25) is 0 Å². The van der Waals surface area contributed by atoms with E-state index in [2.05, 4.69) is 5.32 Å². The number of hydrogen-bond donors (Lipinski definition) is 1. The summed E-state index contributed by atoms with van der Waals surface area (Å²) >= 11 is 1.37. The molecule has 1 unspecified atom stereocenters. The number of methoxy groups -OCH3 is 2. The summed E-state index contributed by atoms with van der Waals surface area (Å²) in [5.41, 5.74) is 2.70. The Hall–Kier alpha value is -5.03. The summed E-state index contributed by atoms with van der Waals surface area (Å²) in [5, 5.41) is 5.42. The van der Waals surface area contributed by atoms with Gasteiger partial charge in [0.1, 0.15) is 29.1 Å². The summed E-state index contributed by atoms with van der Waals surface area (Å²) in [5.74, 6) is -1.79. The molecule has 1 N–H and O–H groups in total. The summed E-state index contributed by atoms with van der Waals surface area (Å²) < 4.78 is 10.7. The molecule has 1 aliphatic heterocycles. The number of nitrogens with one attached hydrogen (secondary N) is 1. The molecule has 0 aliphatic carbocycles. The highest BCUT2D eigenvalue weighted by atomic mass is 32.1. The van der Waals surface area contributed by atoms with Crippen molar-refractivity contribution in [1.82, 2.24) is 9.88 Å². The Kier molecular flexibility index (Phi) is 9.05. The van der Waals surface area contributed by atoms with Gasteiger partial charge in [-0.05, 0) is 30.2 Å². The molecule has 3 amide bonds. The zero-order chi connectivity index (χ0) is 31.4. The average molecular weight is 613 g/mol. The summed E-state index contributed by atoms with van der Waals surface area (Å²) in [6.07, 6.45) is 0. The molecule has 0 bridgehead atoms. The SMILES string of the molecule is COc1ccc(NC(=O)C(C(C)C)N(Cc2nc(-c3ccccc3)cs2)C(=O)CN2C(=O)C(=O)c3ccccc32)c(OC)c1. The zero-order valence-corrected chi connectivity index (χ0v) is 25.6. The van der Waals surface area contributed by atoms with Gasteiger partial charge in [0.15, 0.2) is 0 Å². The maximum atomic E-state index is 14.1. The highest BCUT2D eigenvalue weighted by Gasteiger charge is 2.40. The fraction of sp³-hybridized carbons (Fsp3) is 0.242. The quantitative estimate of drug-likeness (QED) is 0.236. The largest absolute Gasteiger partial charge is 0.497 e. The van der Waals surface area contributed by atoms with Crippen LogP contribution in [0.4, 0.5) is 11.4 Å². The Labute approximate surface area is 259 Å². The first kappa shape index (κ1) is 30.4. The number of rotatable bonds is 11. The fourth-order valence-electron chi connectivity index (χ4n) is 5.16. The van der Waals surface area contributed by atoms with Crippen molar-refractivity contribution in [2.45, 2.75) is 26.4 Å². The lowest BCUT2D eigenvalue weighted by Gasteiger charge is -2.34. The van der Waals surface area contributed by atoms with Crippen LogP contribution < -0.4 is 19.7 Å². The second-order valence-corrected chi connectivity index (χ2v) is 11.4. The van der Waals surface area contributed by atoms with Crippen LogP contribution in [0.25, 0.3) is 11.3 Å². The molecule has 0 fully saturated rings. The number of carbonyl (C=O) groups is 4. The maximum absolute atomic E-state index is 14.1. The van der Waals surface area contributed by atoms with Crippen molar-refractivity contribution in [3.05, 3.63) is 88.7 Å². The third-order valence-corrected chi connectivity index (χ3v) is 8.16. The van der Waals surface area contributed by atoms with E-state index in [4.69, 9.17) is 14.5 Å². The molecule has 11 heteroatoms. The molecule has 2 heterocycles. The van der Waals surface area contributed by atoms with Crippen molar-refractivity contribution in [1.29, 1.82) is 0 Å². The lowest BCUT2D eigenvalue weighted by molar-refractivity contribution is -0.140. The summed E-state index contributed by atoms with van der Waals surface area (Å²) in [6, 6.07) is 20.3. The number of ketones is 1. The van der Waals surface area contributed by atoms with Crippen LogP contribution in [0, 0.1) is 5.92 Å². The monoisotopic (exact) mass is 612 g/mol. The molecular formula is C33H32N4O6S. The lowest BCUT2D eigenvalue weighted by atomic mass is 10.0. The van der Waals surface area contributed by atoms with Crippen molar-refractivity contribution in [3.8, 4) is 22.8 Å². The van der Waals surface area contributed by atoms with Crippen molar-refractivity contribution < 1.29 is 28.7 Å². The predicted octanol–water partition coefficient (Wildman–Crippen LogP) is 5.05. The van der Waals surface area contributed by atoms with E-state index in [0.29, 0.717) is 27.9 Å². The molecule has 0 saturated heterocycles. The van der Waals surface area contributed by atoms with E-state index in [1.54, 1.807) is 42.5 Å². The van der Waals surface area contributed by atoms with Gasteiger partial charge in [0, 0.05) is 17.0 Å². The number of thiazole rings is 1. The summed E-state index contributed by atoms with van der Waals surface area (Å²) in [6.45, 7) is 3.28. The standard InChI is InChI=1S/C33H32N4O6S/c1-20(2)30(32(40)35-24-15-14-22(42-3)16-27(24)43-4)37(17-28-34-25(19-44-28)21-10-6-5-7-11-21)29(38)18-36-26-13-9-8-12-23(26)31(39)33(36)41/h5-16,19-20,30H,17-18H2,1-4H3,(H,35,40). The average Bonchev–Trinajstić information content (AvgIpc) is 3.60. The molecule has 3 aromatic carbocycles. The minimum absolute atomic E-state index is 0.0178. The van der Waals surface area contributed by atoms with E-state index >= 15 is 0 Å². The molecule has 0 radical (unpaired) electrons. The van der Waals surface area contributed by atoms with Gasteiger partial charge in [0.2, 0.25) is 11.8 Å². The number of benzene rings is 3. The number of ether oxygens (including phenoxy) is 2. The van der Waals surface area contributed by atoms with Crippen molar-refractivity contribution >= 4 is 46.2 Å². The molecule has 10 nitrogen and oxygen atoms in total. The fourth-order valence-corrected chi connectivity index (χ4v) is 5.96. The third kappa shape index (κ3) is 6.18. The van der Waals surface area contributed by atoms with Crippen LogP contribution in [-0.2, 0) is 20.9 Å². The van der Waals surface area contributed by atoms with E-state index in [1.165, 1.54) is 35.4 Å². The molecule has 1 atom stereocenters. The first-order valence-electron chi connectivity index (χ1n) is 14.0. The van der Waals surface area contributed by atoms with Crippen LogP contribution in [0.3, 0.4) is 0 Å². The minimum Gasteiger partial charge on any atom is -0.497 e. The molecular weight excluding hydrogens is 580 g/mol. The molecule has 1 aliphatic rings. The smallest absolute Gasteiger partial charge is 0.299 e. The predicted molar refractivity (Wildman–Crippen MR) is 168 cm³/mol. The number of Topliss-reactive ketones (excluding diaryl/α,β-unsaturated/α-hetero) is 1. The van der Waals surface area contributed by atoms with Gasteiger partial charge in [-0.15, -0.1) is 11.3 Å². The van der Waals surface area contributed by atoms with Crippen LogP contribution in [0.5, 0.6) is 11.5 Å². The van der Waals surface area contributed by atoms with E-state index < -0.39 is 36.1 Å². The number of aromatic nitrogens is 1. The van der Waals surface area contributed by atoms with E-state index in [1.807, 2.05) is 49.6 Å². The number of anilines is 2. The van der Waals surface area contributed by atoms with Gasteiger partial charge >= 0.3 is 0 Å². The first-order chi connectivity index (χ1) is 21.2. The Bertz CT molecular complexity index is 1700. The number of nitrogens with zero attached hydrogens (tertiary/aromatic N) is 3. The molecule has 1 aromatic heterocycles. The number of amides is 3. The van der Waals surface area contributed by atoms with Gasteiger partial charge in [0.05, 0.1) is 43.4 Å². The topological polar surface area (TPSA) is 118 Å². The lowest BCUT2D eigenvalue weighted by Crippen LogP contribution is -2.53. The minimum atomic E-state index is -0.956. The molecule has 5 rings (SSSR count). The Morgan fingerprint density at radius 3 is 2.41 bits per heavy atom. The van der Waals surface area contributed by atoms with E-state index in [0.717, 1.165) is 11.3 Å². The molecule has 44 heavy (non-hydrogen) atoms. The van der Waals surface area contributed by atoms with Crippen LogP contribution in [-0.4, -0.2) is 60.2 Å². The van der Waals surface area contributed by atoms with Gasteiger partial charge in [-0.25, -0.2) is 4.98 Å². The van der Waals surface area contributed by atoms with Crippen LogP contribution >= 0.6 is 11.3 Å².